The van der Waals surface area contributed by atoms with E-state index in [-0.39, 0.29) is 18.3 Å². The first-order valence-corrected chi connectivity index (χ1v) is 11.2. The first-order valence-electron chi connectivity index (χ1n) is 10.5. The molecule has 29 heavy (non-hydrogen) atoms. The third-order valence-corrected chi connectivity index (χ3v) is 6.71. The van der Waals surface area contributed by atoms with Crippen LogP contribution in [0.25, 0.3) is 11.3 Å². The highest BCUT2D eigenvalue weighted by Gasteiger charge is 2.35. The van der Waals surface area contributed by atoms with Gasteiger partial charge in [0, 0.05) is 17.0 Å². The SMILES string of the molecule is Clc1cccc(Cl)c1-c1noc(C2CC2)c1COC1C[C@H]2CC[C@@H](C1)OCCO2. The summed E-state index contributed by atoms with van der Waals surface area (Å²) in [5.74, 6) is 1.33. The summed E-state index contributed by atoms with van der Waals surface area (Å²) in [6.07, 6.45) is 6.67. The van der Waals surface area contributed by atoms with Crippen LogP contribution in [0.3, 0.4) is 0 Å². The molecule has 156 valence electrons. The molecule has 0 spiro atoms. The van der Waals surface area contributed by atoms with E-state index in [1.807, 2.05) is 18.2 Å². The van der Waals surface area contributed by atoms with Gasteiger partial charge in [-0.2, -0.15) is 0 Å². The van der Waals surface area contributed by atoms with E-state index in [9.17, 15) is 0 Å². The van der Waals surface area contributed by atoms with Crippen LogP contribution in [0, 0.1) is 0 Å². The Balaban J connectivity index is 1.40. The van der Waals surface area contributed by atoms with E-state index in [0.717, 1.165) is 49.8 Å². The van der Waals surface area contributed by atoms with Crippen molar-refractivity contribution in [1.82, 2.24) is 5.16 Å². The minimum Gasteiger partial charge on any atom is -0.376 e. The summed E-state index contributed by atoms with van der Waals surface area (Å²) in [6, 6.07) is 5.48. The van der Waals surface area contributed by atoms with E-state index in [4.69, 9.17) is 41.9 Å². The first-order chi connectivity index (χ1) is 14.2. The lowest BCUT2D eigenvalue weighted by atomic mass is 10.0. The number of ether oxygens (including phenoxy) is 3. The van der Waals surface area contributed by atoms with Crippen molar-refractivity contribution in [3.8, 4) is 11.3 Å². The van der Waals surface area contributed by atoms with Gasteiger partial charge in [0.05, 0.1) is 48.2 Å². The van der Waals surface area contributed by atoms with Gasteiger partial charge in [0.1, 0.15) is 11.5 Å². The molecule has 1 saturated heterocycles. The Morgan fingerprint density at radius 1 is 0.966 bits per heavy atom. The lowest BCUT2D eigenvalue weighted by molar-refractivity contribution is -0.0451. The molecule has 2 bridgehead atoms. The summed E-state index contributed by atoms with van der Waals surface area (Å²) in [5.41, 5.74) is 2.38. The van der Waals surface area contributed by atoms with Gasteiger partial charge in [-0.05, 0) is 50.7 Å². The highest BCUT2D eigenvalue weighted by molar-refractivity contribution is 6.39. The predicted octanol–water partition coefficient (Wildman–Crippen LogP) is 5.77. The van der Waals surface area contributed by atoms with Gasteiger partial charge in [0.15, 0.2) is 0 Å². The van der Waals surface area contributed by atoms with E-state index in [2.05, 4.69) is 5.16 Å². The Bertz CT molecular complexity index is 830. The number of fused-ring (bicyclic) bond motifs is 3. The molecule has 3 aliphatic rings. The number of hydrogen-bond acceptors (Lipinski definition) is 5. The van der Waals surface area contributed by atoms with E-state index in [0.29, 0.717) is 47.0 Å². The van der Waals surface area contributed by atoms with Gasteiger partial charge in [-0.1, -0.05) is 34.4 Å². The minimum absolute atomic E-state index is 0.0853. The summed E-state index contributed by atoms with van der Waals surface area (Å²) in [4.78, 5) is 0. The van der Waals surface area contributed by atoms with Crippen LogP contribution >= 0.6 is 23.2 Å². The van der Waals surface area contributed by atoms with Gasteiger partial charge in [-0.25, -0.2) is 0 Å². The van der Waals surface area contributed by atoms with E-state index in [1.54, 1.807) is 0 Å². The van der Waals surface area contributed by atoms with Crippen LogP contribution in [-0.2, 0) is 20.8 Å². The summed E-state index contributed by atoms with van der Waals surface area (Å²) < 4.78 is 24.0. The number of benzene rings is 1. The predicted molar refractivity (Wildman–Crippen MR) is 110 cm³/mol. The molecule has 1 aromatic carbocycles. The molecule has 2 aliphatic carbocycles. The average molecular weight is 438 g/mol. The van der Waals surface area contributed by atoms with Crippen LogP contribution in [0.2, 0.25) is 10.0 Å². The molecule has 0 N–H and O–H groups in total. The fraction of sp³-hybridized carbons (Fsp3) is 0.591. The second kappa shape index (κ2) is 8.56. The minimum atomic E-state index is 0.0853. The molecule has 0 radical (unpaired) electrons. The van der Waals surface area contributed by atoms with Crippen molar-refractivity contribution >= 4 is 23.2 Å². The van der Waals surface area contributed by atoms with Crippen LogP contribution < -0.4 is 0 Å². The quantitative estimate of drug-likeness (QED) is 0.593. The van der Waals surface area contributed by atoms with Crippen molar-refractivity contribution < 1.29 is 18.7 Å². The van der Waals surface area contributed by atoms with Crippen molar-refractivity contribution in [2.45, 2.75) is 69.4 Å². The molecule has 5 rings (SSSR count). The summed E-state index contributed by atoms with van der Waals surface area (Å²) in [7, 11) is 0. The van der Waals surface area contributed by atoms with E-state index >= 15 is 0 Å². The normalized spacial score (nSPS) is 27.4. The monoisotopic (exact) mass is 437 g/mol. The van der Waals surface area contributed by atoms with Crippen LogP contribution in [0.4, 0.5) is 0 Å². The van der Waals surface area contributed by atoms with Crippen LogP contribution in [-0.4, -0.2) is 36.7 Å². The highest BCUT2D eigenvalue weighted by Crippen LogP contribution is 2.46. The van der Waals surface area contributed by atoms with Gasteiger partial charge in [-0.3, -0.25) is 0 Å². The first kappa shape index (κ1) is 19.8. The second-order valence-electron chi connectivity index (χ2n) is 8.21. The Hall–Kier alpha value is -1.11. The fourth-order valence-corrected chi connectivity index (χ4v) is 4.98. The molecule has 2 aromatic rings. The standard InChI is InChI=1S/C22H25Cl2NO4/c23-18-2-1-3-19(24)20(18)21-17(22(29-25-21)13-4-5-13)12-28-16-10-14-6-7-15(11-16)27-9-8-26-14/h1-3,13-16H,4-12H2/t14-,15+,16?. The number of nitrogens with zero attached hydrogens (tertiary/aromatic N) is 1. The van der Waals surface area contributed by atoms with Crippen LogP contribution in [0.1, 0.15) is 55.8 Å². The number of halogens is 2. The topological polar surface area (TPSA) is 53.7 Å². The van der Waals surface area contributed by atoms with Crippen molar-refractivity contribution in [1.29, 1.82) is 0 Å². The molecular formula is C22H25Cl2NO4. The third-order valence-electron chi connectivity index (χ3n) is 6.08. The maximum Gasteiger partial charge on any atom is 0.145 e. The maximum absolute atomic E-state index is 6.45. The molecule has 1 unspecified atom stereocenters. The van der Waals surface area contributed by atoms with Crippen molar-refractivity contribution in [3.63, 3.8) is 0 Å². The maximum atomic E-state index is 6.45. The third kappa shape index (κ3) is 4.35. The molecule has 0 amide bonds. The Morgan fingerprint density at radius 2 is 1.62 bits per heavy atom. The summed E-state index contributed by atoms with van der Waals surface area (Å²) in [5, 5.41) is 5.48. The Kier molecular flexibility index (Phi) is 5.85. The molecule has 2 heterocycles. The van der Waals surface area contributed by atoms with E-state index < -0.39 is 0 Å². The molecule has 5 nitrogen and oxygen atoms in total. The number of hydrogen-bond donors (Lipinski definition) is 0. The van der Waals surface area contributed by atoms with E-state index in [1.165, 1.54) is 0 Å². The second-order valence-corrected chi connectivity index (χ2v) is 9.03. The zero-order chi connectivity index (χ0) is 19.8. The lowest BCUT2D eigenvalue weighted by Gasteiger charge is -2.20. The zero-order valence-electron chi connectivity index (χ0n) is 16.2. The van der Waals surface area contributed by atoms with Crippen LogP contribution in [0.5, 0.6) is 0 Å². The summed E-state index contributed by atoms with van der Waals surface area (Å²) in [6.45, 7) is 1.76. The van der Waals surface area contributed by atoms with Gasteiger partial charge in [0.2, 0.25) is 0 Å². The van der Waals surface area contributed by atoms with Gasteiger partial charge < -0.3 is 18.7 Å². The van der Waals surface area contributed by atoms with Gasteiger partial charge in [0.25, 0.3) is 0 Å². The molecule has 3 fully saturated rings. The molecular weight excluding hydrogens is 413 g/mol. The fourth-order valence-electron chi connectivity index (χ4n) is 4.41. The largest absolute Gasteiger partial charge is 0.376 e. The van der Waals surface area contributed by atoms with Crippen molar-refractivity contribution in [2.75, 3.05) is 13.2 Å². The highest BCUT2D eigenvalue weighted by atomic mass is 35.5. The number of rotatable bonds is 5. The van der Waals surface area contributed by atoms with Crippen molar-refractivity contribution in [3.05, 3.63) is 39.6 Å². The van der Waals surface area contributed by atoms with Gasteiger partial charge >= 0.3 is 0 Å². The average Bonchev–Trinajstić information content (AvgIpc) is 3.46. The zero-order valence-corrected chi connectivity index (χ0v) is 17.8. The molecule has 2 saturated carbocycles. The smallest absolute Gasteiger partial charge is 0.145 e. The van der Waals surface area contributed by atoms with Gasteiger partial charge in [-0.15, -0.1) is 0 Å². The number of aromatic nitrogens is 1. The van der Waals surface area contributed by atoms with Crippen LogP contribution in [0.15, 0.2) is 22.7 Å². The molecule has 1 aliphatic heterocycles. The Morgan fingerprint density at radius 3 is 2.24 bits per heavy atom. The Labute approximate surface area is 180 Å². The molecule has 1 aromatic heterocycles. The molecule has 7 heteroatoms. The summed E-state index contributed by atoms with van der Waals surface area (Å²) >= 11 is 12.9. The van der Waals surface area contributed by atoms with Crippen molar-refractivity contribution in [2.24, 2.45) is 0 Å². The lowest BCUT2D eigenvalue weighted by Crippen LogP contribution is -2.22. The molecule has 3 atom stereocenters.